The molecule has 2 aromatic rings. The van der Waals surface area contributed by atoms with Crippen molar-refractivity contribution in [3.63, 3.8) is 0 Å². The summed E-state index contributed by atoms with van der Waals surface area (Å²) in [4.78, 5) is 25.7. The summed E-state index contributed by atoms with van der Waals surface area (Å²) >= 11 is 5.75. The van der Waals surface area contributed by atoms with Crippen molar-refractivity contribution in [1.29, 1.82) is 0 Å². The standard InChI is InChI=1S/C17H14ClNO4S/c18-12-6-8-13(9-7-12)24(22,23)11-3-10-19-16(20)14-4-1-2-5-15(14)17(19)21/h1-2,4-9H,3,10-11H2. The number of sulfone groups is 1. The largest absolute Gasteiger partial charge is 0.274 e. The number of fused-ring (bicyclic) bond motifs is 1. The Balaban J connectivity index is 1.66. The molecule has 2 amide bonds. The first-order valence-electron chi connectivity index (χ1n) is 7.34. The first-order chi connectivity index (χ1) is 11.4. The SMILES string of the molecule is O=C1c2ccccc2C(=O)N1CCCS(=O)(=O)c1ccc(Cl)cc1. The number of carbonyl (C=O) groups excluding carboxylic acids is 2. The van der Waals surface area contributed by atoms with Crippen LogP contribution in [-0.2, 0) is 9.84 Å². The summed E-state index contributed by atoms with van der Waals surface area (Å²) in [5.74, 6) is -0.902. The Kier molecular flexibility index (Phi) is 4.43. The second-order valence-electron chi connectivity index (χ2n) is 5.43. The lowest BCUT2D eigenvalue weighted by Crippen LogP contribution is -2.31. The van der Waals surface area contributed by atoms with Crippen LogP contribution in [0.5, 0.6) is 0 Å². The Labute approximate surface area is 144 Å². The molecule has 3 rings (SSSR count). The third-order valence-corrected chi connectivity index (χ3v) is 5.91. The van der Waals surface area contributed by atoms with Crippen molar-refractivity contribution in [3.05, 3.63) is 64.7 Å². The molecule has 0 radical (unpaired) electrons. The van der Waals surface area contributed by atoms with E-state index < -0.39 is 9.84 Å². The minimum atomic E-state index is -3.48. The molecule has 0 fully saturated rings. The average Bonchev–Trinajstić information content (AvgIpc) is 2.80. The number of amides is 2. The van der Waals surface area contributed by atoms with Crippen LogP contribution < -0.4 is 0 Å². The van der Waals surface area contributed by atoms with Crippen LogP contribution in [0.4, 0.5) is 0 Å². The minimum Gasteiger partial charge on any atom is -0.274 e. The molecule has 0 bridgehead atoms. The molecule has 0 aliphatic carbocycles. The molecule has 24 heavy (non-hydrogen) atoms. The number of benzene rings is 2. The topological polar surface area (TPSA) is 71.5 Å². The van der Waals surface area contributed by atoms with Gasteiger partial charge in [0.2, 0.25) is 0 Å². The highest BCUT2D eigenvalue weighted by Crippen LogP contribution is 2.23. The van der Waals surface area contributed by atoms with E-state index >= 15 is 0 Å². The number of hydrogen-bond donors (Lipinski definition) is 0. The van der Waals surface area contributed by atoms with Crippen LogP contribution in [0.25, 0.3) is 0 Å². The van der Waals surface area contributed by atoms with Crippen molar-refractivity contribution < 1.29 is 18.0 Å². The maximum Gasteiger partial charge on any atom is 0.261 e. The maximum absolute atomic E-state index is 12.3. The predicted molar refractivity (Wildman–Crippen MR) is 89.9 cm³/mol. The predicted octanol–water partition coefficient (Wildman–Crippen LogP) is 2.80. The fraction of sp³-hybridized carbons (Fsp3) is 0.176. The lowest BCUT2D eigenvalue weighted by atomic mass is 10.1. The fourth-order valence-corrected chi connectivity index (χ4v) is 4.04. The molecule has 124 valence electrons. The normalized spacial score (nSPS) is 14.1. The monoisotopic (exact) mass is 363 g/mol. The van der Waals surface area contributed by atoms with Crippen molar-refractivity contribution in [2.45, 2.75) is 11.3 Å². The molecular formula is C17H14ClNO4S. The van der Waals surface area contributed by atoms with Crippen LogP contribution in [0.3, 0.4) is 0 Å². The van der Waals surface area contributed by atoms with Gasteiger partial charge < -0.3 is 0 Å². The van der Waals surface area contributed by atoms with Gasteiger partial charge in [0.05, 0.1) is 21.8 Å². The number of hydrogen-bond acceptors (Lipinski definition) is 4. The third-order valence-electron chi connectivity index (χ3n) is 3.85. The van der Waals surface area contributed by atoms with Crippen LogP contribution in [-0.4, -0.2) is 37.4 Å². The van der Waals surface area contributed by atoms with Crippen molar-refractivity contribution in [1.82, 2.24) is 4.90 Å². The van der Waals surface area contributed by atoms with E-state index in [2.05, 4.69) is 0 Å². The van der Waals surface area contributed by atoms with Crippen molar-refractivity contribution in [2.75, 3.05) is 12.3 Å². The van der Waals surface area contributed by atoms with Gasteiger partial charge in [0, 0.05) is 11.6 Å². The van der Waals surface area contributed by atoms with Crippen LogP contribution in [0.1, 0.15) is 27.1 Å². The summed E-state index contributed by atoms with van der Waals surface area (Å²) in [6.07, 6.45) is 0.177. The molecule has 5 nitrogen and oxygen atoms in total. The van der Waals surface area contributed by atoms with Crippen molar-refractivity contribution in [3.8, 4) is 0 Å². The Morgan fingerprint density at radius 1 is 0.875 bits per heavy atom. The summed E-state index contributed by atoms with van der Waals surface area (Å²) in [5.41, 5.74) is 0.728. The van der Waals surface area contributed by atoms with Crippen LogP contribution in [0.2, 0.25) is 5.02 Å². The van der Waals surface area contributed by atoms with Gasteiger partial charge in [0.15, 0.2) is 9.84 Å². The lowest BCUT2D eigenvalue weighted by Gasteiger charge is -2.13. The number of rotatable bonds is 5. The van der Waals surface area contributed by atoms with E-state index in [1.165, 1.54) is 24.3 Å². The smallest absolute Gasteiger partial charge is 0.261 e. The van der Waals surface area contributed by atoms with Crippen molar-refractivity contribution in [2.24, 2.45) is 0 Å². The molecule has 0 unspecified atom stereocenters. The molecule has 1 heterocycles. The van der Waals surface area contributed by atoms with Gasteiger partial charge in [-0.1, -0.05) is 23.7 Å². The van der Waals surface area contributed by atoms with E-state index in [-0.39, 0.29) is 35.4 Å². The van der Waals surface area contributed by atoms with E-state index in [0.717, 1.165) is 4.90 Å². The van der Waals surface area contributed by atoms with Crippen LogP contribution >= 0.6 is 11.6 Å². The molecule has 0 saturated heterocycles. The van der Waals surface area contributed by atoms with Gasteiger partial charge in [0.1, 0.15) is 0 Å². The quantitative estimate of drug-likeness (QED) is 0.766. The second kappa shape index (κ2) is 6.37. The number of nitrogens with zero attached hydrogens (tertiary/aromatic N) is 1. The van der Waals surface area contributed by atoms with Gasteiger partial charge >= 0.3 is 0 Å². The molecule has 1 aliphatic heterocycles. The maximum atomic E-state index is 12.3. The van der Waals surface area contributed by atoms with Crippen LogP contribution in [0.15, 0.2) is 53.4 Å². The van der Waals surface area contributed by atoms with Crippen LogP contribution in [0, 0.1) is 0 Å². The second-order valence-corrected chi connectivity index (χ2v) is 7.98. The number of halogens is 1. The highest BCUT2D eigenvalue weighted by atomic mass is 35.5. The lowest BCUT2D eigenvalue weighted by molar-refractivity contribution is 0.0654. The summed E-state index contributed by atoms with van der Waals surface area (Å²) in [5, 5.41) is 0.458. The zero-order valence-corrected chi connectivity index (χ0v) is 14.2. The molecule has 7 heteroatoms. The molecule has 0 spiro atoms. The Bertz CT molecular complexity index is 871. The highest BCUT2D eigenvalue weighted by molar-refractivity contribution is 7.91. The zero-order valence-electron chi connectivity index (χ0n) is 12.6. The molecule has 0 saturated carbocycles. The Morgan fingerprint density at radius 3 is 1.96 bits per heavy atom. The fourth-order valence-electron chi connectivity index (χ4n) is 2.61. The summed E-state index contributed by atoms with van der Waals surface area (Å²) in [7, 11) is -3.48. The molecule has 0 N–H and O–H groups in total. The minimum absolute atomic E-state index is 0.0686. The summed E-state index contributed by atoms with van der Waals surface area (Å²) in [6.45, 7) is 0.0686. The molecular weight excluding hydrogens is 350 g/mol. The molecule has 1 aliphatic rings. The van der Waals surface area contributed by atoms with E-state index in [1.54, 1.807) is 24.3 Å². The van der Waals surface area contributed by atoms with E-state index in [9.17, 15) is 18.0 Å². The van der Waals surface area contributed by atoms with Gasteiger partial charge in [0.25, 0.3) is 11.8 Å². The van der Waals surface area contributed by atoms with E-state index in [0.29, 0.717) is 16.1 Å². The van der Waals surface area contributed by atoms with Gasteiger partial charge in [-0.25, -0.2) is 8.42 Å². The van der Waals surface area contributed by atoms with Gasteiger partial charge in [-0.05, 0) is 42.8 Å². The average molecular weight is 364 g/mol. The van der Waals surface area contributed by atoms with E-state index in [1.807, 2.05) is 0 Å². The van der Waals surface area contributed by atoms with Gasteiger partial charge in [-0.2, -0.15) is 0 Å². The van der Waals surface area contributed by atoms with Gasteiger partial charge in [-0.15, -0.1) is 0 Å². The highest BCUT2D eigenvalue weighted by Gasteiger charge is 2.34. The number of imide groups is 1. The number of carbonyl (C=O) groups is 2. The Hall–Kier alpha value is -2.18. The summed E-state index contributed by atoms with van der Waals surface area (Å²) < 4.78 is 24.5. The van der Waals surface area contributed by atoms with Crippen molar-refractivity contribution >= 4 is 33.3 Å². The third kappa shape index (κ3) is 3.07. The molecule has 0 atom stereocenters. The molecule has 0 aromatic heterocycles. The zero-order chi connectivity index (χ0) is 17.3. The van der Waals surface area contributed by atoms with Gasteiger partial charge in [-0.3, -0.25) is 14.5 Å². The first kappa shape index (κ1) is 16.7. The molecule has 2 aromatic carbocycles. The summed E-state index contributed by atoms with van der Waals surface area (Å²) in [6, 6.07) is 12.5. The Morgan fingerprint density at radius 2 is 1.42 bits per heavy atom. The first-order valence-corrected chi connectivity index (χ1v) is 9.37. The van der Waals surface area contributed by atoms with E-state index in [4.69, 9.17) is 11.6 Å².